The summed E-state index contributed by atoms with van der Waals surface area (Å²) in [7, 11) is 0. The number of ketones is 1. The second-order valence-corrected chi connectivity index (χ2v) is 5.75. The van der Waals surface area contributed by atoms with Gasteiger partial charge in [-0.05, 0) is 17.9 Å². The van der Waals surface area contributed by atoms with E-state index < -0.39 is 0 Å². The number of Topliss-reactive ketones (excluding diaryl/α,β-unsaturated/α-hetero) is 1. The molecule has 0 saturated heterocycles. The van der Waals surface area contributed by atoms with E-state index in [1.165, 1.54) is 16.9 Å². The maximum atomic E-state index is 11.2. The number of thiazole rings is 1. The zero-order valence-electron chi connectivity index (χ0n) is 10.9. The van der Waals surface area contributed by atoms with E-state index in [0.717, 1.165) is 17.7 Å². The van der Waals surface area contributed by atoms with Gasteiger partial charge in [0.05, 0.1) is 5.69 Å². The van der Waals surface area contributed by atoms with Crippen molar-refractivity contribution in [2.75, 3.05) is 0 Å². The molecule has 94 valence electrons. The number of carbonyl (C=O) groups excluding carboxylic acids is 1. The maximum Gasteiger partial charge on any atom is 0.188 e. The lowest BCUT2D eigenvalue weighted by Gasteiger charge is -2.05. The van der Waals surface area contributed by atoms with Crippen LogP contribution >= 0.6 is 11.3 Å². The summed E-state index contributed by atoms with van der Waals surface area (Å²) in [6.45, 7) is 5.98. The van der Waals surface area contributed by atoms with Crippen molar-refractivity contribution in [3.8, 4) is 11.3 Å². The first kappa shape index (κ1) is 13.0. The number of benzene rings is 1. The minimum absolute atomic E-state index is 0.0303. The van der Waals surface area contributed by atoms with Gasteiger partial charge in [-0.25, -0.2) is 4.98 Å². The Labute approximate surface area is 112 Å². The van der Waals surface area contributed by atoms with Gasteiger partial charge in [0.2, 0.25) is 0 Å². The SMILES string of the molecule is CC(=O)c1nc(-c2ccc(CC(C)C)cc2)cs1. The normalized spacial score (nSPS) is 10.9. The molecule has 2 rings (SSSR count). The van der Waals surface area contributed by atoms with Gasteiger partial charge in [-0.15, -0.1) is 11.3 Å². The topological polar surface area (TPSA) is 30.0 Å². The van der Waals surface area contributed by atoms with Crippen LogP contribution in [0.5, 0.6) is 0 Å². The van der Waals surface area contributed by atoms with Crippen LogP contribution in [0.4, 0.5) is 0 Å². The monoisotopic (exact) mass is 259 g/mol. The summed E-state index contributed by atoms with van der Waals surface area (Å²) in [4.78, 5) is 15.6. The minimum Gasteiger partial charge on any atom is -0.292 e. The van der Waals surface area contributed by atoms with Gasteiger partial charge < -0.3 is 0 Å². The van der Waals surface area contributed by atoms with E-state index in [4.69, 9.17) is 0 Å². The van der Waals surface area contributed by atoms with E-state index in [9.17, 15) is 4.79 Å². The first-order valence-corrected chi connectivity index (χ1v) is 7.00. The lowest BCUT2D eigenvalue weighted by atomic mass is 10.0. The van der Waals surface area contributed by atoms with Crippen LogP contribution < -0.4 is 0 Å². The van der Waals surface area contributed by atoms with Gasteiger partial charge in [0.1, 0.15) is 0 Å². The quantitative estimate of drug-likeness (QED) is 0.770. The summed E-state index contributed by atoms with van der Waals surface area (Å²) in [5, 5.41) is 2.52. The highest BCUT2D eigenvalue weighted by atomic mass is 32.1. The van der Waals surface area contributed by atoms with Crippen molar-refractivity contribution in [2.24, 2.45) is 5.92 Å². The summed E-state index contributed by atoms with van der Waals surface area (Å²) in [5.74, 6) is 0.696. The molecule has 0 bridgehead atoms. The summed E-state index contributed by atoms with van der Waals surface area (Å²) >= 11 is 1.41. The van der Waals surface area contributed by atoms with Crippen LogP contribution in [0, 0.1) is 5.92 Å². The van der Waals surface area contributed by atoms with Crippen molar-refractivity contribution < 1.29 is 4.79 Å². The maximum absolute atomic E-state index is 11.2. The Hall–Kier alpha value is -1.48. The lowest BCUT2D eigenvalue weighted by Crippen LogP contribution is -1.93. The first-order chi connectivity index (χ1) is 8.56. The van der Waals surface area contributed by atoms with Crippen LogP contribution in [0.1, 0.15) is 36.1 Å². The van der Waals surface area contributed by atoms with Crippen LogP contribution in [0.3, 0.4) is 0 Å². The molecule has 18 heavy (non-hydrogen) atoms. The molecule has 0 radical (unpaired) electrons. The lowest BCUT2D eigenvalue weighted by molar-refractivity contribution is 0.101. The number of hydrogen-bond acceptors (Lipinski definition) is 3. The Kier molecular flexibility index (Phi) is 3.92. The fraction of sp³-hybridized carbons (Fsp3) is 0.333. The van der Waals surface area contributed by atoms with Crippen molar-refractivity contribution in [3.05, 3.63) is 40.2 Å². The third kappa shape index (κ3) is 3.05. The van der Waals surface area contributed by atoms with Crippen molar-refractivity contribution >= 4 is 17.1 Å². The highest BCUT2D eigenvalue weighted by Gasteiger charge is 2.08. The molecule has 0 unspecified atom stereocenters. The predicted molar refractivity (Wildman–Crippen MR) is 76.1 cm³/mol. The Morgan fingerprint density at radius 2 is 1.94 bits per heavy atom. The molecule has 0 aliphatic heterocycles. The summed E-state index contributed by atoms with van der Waals surface area (Å²) < 4.78 is 0. The molecule has 1 heterocycles. The molecular formula is C15H17NOS. The van der Waals surface area contributed by atoms with E-state index in [-0.39, 0.29) is 5.78 Å². The molecule has 0 amide bonds. The third-order valence-electron chi connectivity index (χ3n) is 2.70. The van der Waals surface area contributed by atoms with Crippen LogP contribution in [0.2, 0.25) is 0 Å². The number of aromatic nitrogens is 1. The molecule has 0 saturated carbocycles. The molecule has 0 spiro atoms. The van der Waals surface area contributed by atoms with Crippen molar-refractivity contribution in [1.82, 2.24) is 4.98 Å². The van der Waals surface area contributed by atoms with E-state index in [2.05, 4.69) is 43.1 Å². The second kappa shape index (κ2) is 5.44. The Bertz CT molecular complexity index is 540. The highest BCUT2D eigenvalue weighted by molar-refractivity contribution is 7.12. The molecule has 2 nitrogen and oxygen atoms in total. The molecule has 0 fully saturated rings. The molecule has 0 aliphatic carbocycles. The predicted octanol–water partition coefficient (Wildman–Crippen LogP) is 4.21. The minimum atomic E-state index is 0.0303. The van der Waals surface area contributed by atoms with Crippen molar-refractivity contribution in [1.29, 1.82) is 0 Å². The summed E-state index contributed by atoms with van der Waals surface area (Å²) in [6.07, 6.45) is 1.09. The van der Waals surface area contributed by atoms with Crippen LogP contribution in [-0.2, 0) is 6.42 Å². The van der Waals surface area contributed by atoms with Crippen LogP contribution in [0.15, 0.2) is 29.6 Å². The molecule has 1 aromatic carbocycles. The fourth-order valence-electron chi connectivity index (χ4n) is 1.85. The average Bonchev–Trinajstić information content (AvgIpc) is 2.78. The highest BCUT2D eigenvalue weighted by Crippen LogP contribution is 2.23. The third-order valence-corrected chi connectivity index (χ3v) is 3.64. The van der Waals surface area contributed by atoms with E-state index in [1.807, 2.05) is 5.38 Å². The number of carbonyl (C=O) groups is 1. The average molecular weight is 259 g/mol. The van der Waals surface area contributed by atoms with Crippen molar-refractivity contribution in [2.45, 2.75) is 27.2 Å². The van der Waals surface area contributed by atoms with Gasteiger partial charge in [0, 0.05) is 17.9 Å². The van der Waals surface area contributed by atoms with Crippen molar-refractivity contribution in [3.63, 3.8) is 0 Å². The Morgan fingerprint density at radius 3 is 2.44 bits per heavy atom. The zero-order chi connectivity index (χ0) is 13.1. The largest absolute Gasteiger partial charge is 0.292 e. The molecular weight excluding hydrogens is 242 g/mol. The fourth-order valence-corrected chi connectivity index (χ4v) is 2.58. The van der Waals surface area contributed by atoms with Gasteiger partial charge in [-0.3, -0.25) is 4.79 Å². The summed E-state index contributed by atoms with van der Waals surface area (Å²) in [6, 6.07) is 8.44. The Balaban J connectivity index is 2.20. The van der Waals surface area contributed by atoms with Gasteiger partial charge in [0.15, 0.2) is 10.8 Å². The summed E-state index contributed by atoms with van der Waals surface area (Å²) in [5.41, 5.74) is 3.31. The van der Waals surface area contributed by atoms with Gasteiger partial charge in [-0.2, -0.15) is 0 Å². The number of hydrogen-bond donors (Lipinski definition) is 0. The van der Waals surface area contributed by atoms with E-state index in [1.54, 1.807) is 6.92 Å². The number of rotatable bonds is 4. The van der Waals surface area contributed by atoms with E-state index in [0.29, 0.717) is 10.9 Å². The molecule has 2 aromatic rings. The van der Waals surface area contributed by atoms with Crippen LogP contribution in [0.25, 0.3) is 11.3 Å². The molecule has 0 aliphatic rings. The number of nitrogens with zero attached hydrogens (tertiary/aromatic N) is 1. The van der Waals surface area contributed by atoms with Gasteiger partial charge in [-0.1, -0.05) is 38.1 Å². The first-order valence-electron chi connectivity index (χ1n) is 6.12. The van der Waals surface area contributed by atoms with Crippen LogP contribution in [-0.4, -0.2) is 10.8 Å². The van der Waals surface area contributed by atoms with Gasteiger partial charge in [0.25, 0.3) is 0 Å². The van der Waals surface area contributed by atoms with E-state index >= 15 is 0 Å². The zero-order valence-corrected chi connectivity index (χ0v) is 11.8. The molecule has 0 atom stereocenters. The molecule has 0 N–H and O–H groups in total. The standard InChI is InChI=1S/C15H17NOS/c1-10(2)8-12-4-6-13(7-5-12)14-9-18-15(16-14)11(3)17/h4-7,9-10H,8H2,1-3H3. The molecule has 3 heteroatoms. The van der Waals surface area contributed by atoms with Gasteiger partial charge >= 0.3 is 0 Å². The smallest absolute Gasteiger partial charge is 0.188 e. The molecule has 1 aromatic heterocycles. The Morgan fingerprint density at radius 1 is 1.28 bits per heavy atom. The second-order valence-electron chi connectivity index (χ2n) is 4.89.